The Hall–Kier alpha value is -2.53. The van der Waals surface area contributed by atoms with E-state index in [1.54, 1.807) is 0 Å². The van der Waals surface area contributed by atoms with Gasteiger partial charge in [0.05, 0.1) is 17.2 Å². The van der Waals surface area contributed by atoms with Gasteiger partial charge in [-0.05, 0) is 54.7 Å². The summed E-state index contributed by atoms with van der Waals surface area (Å²) in [5.41, 5.74) is 4.92. The van der Waals surface area contributed by atoms with Gasteiger partial charge in [-0.1, -0.05) is 23.7 Å². The first-order valence-corrected chi connectivity index (χ1v) is 8.79. The van der Waals surface area contributed by atoms with Crippen molar-refractivity contribution in [3.05, 3.63) is 52.5 Å². The first-order chi connectivity index (χ1) is 12.1. The third-order valence-corrected chi connectivity index (χ3v) is 4.79. The lowest BCUT2D eigenvalue weighted by molar-refractivity contribution is -0.114. The number of carbonyl (C=O) groups is 1. The van der Waals surface area contributed by atoms with Crippen LogP contribution in [-0.4, -0.2) is 15.9 Å². The third kappa shape index (κ3) is 3.20. The molecule has 0 saturated carbocycles. The second kappa shape index (κ2) is 6.41. The van der Waals surface area contributed by atoms with Gasteiger partial charge in [-0.25, -0.2) is 4.98 Å². The molecule has 1 unspecified atom stereocenters. The van der Waals surface area contributed by atoms with Crippen LogP contribution in [0.2, 0.25) is 5.02 Å². The molecule has 128 valence electrons. The van der Waals surface area contributed by atoms with Crippen molar-refractivity contribution in [2.45, 2.75) is 32.2 Å². The highest BCUT2D eigenvalue weighted by atomic mass is 35.5. The van der Waals surface area contributed by atoms with Crippen LogP contribution < -0.4 is 10.6 Å². The number of H-pyrrole nitrogens is 1. The fraction of sp³-hybridized carbons (Fsp3) is 0.263. The monoisotopic (exact) mass is 354 g/mol. The molecule has 0 bridgehead atoms. The van der Waals surface area contributed by atoms with E-state index in [4.69, 9.17) is 11.6 Å². The number of rotatable bonds is 3. The molecular formula is C19H19ClN4O. The first-order valence-electron chi connectivity index (χ1n) is 8.41. The SMILES string of the molecule is CC(=O)Nc1cccc2[nH]c(NC3CCCc4ccc(Cl)cc43)nc12. The summed E-state index contributed by atoms with van der Waals surface area (Å²) in [5, 5.41) is 7.07. The van der Waals surface area contributed by atoms with Crippen molar-refractivity contribution in [1.29, 1.82) is 0 Å². The molecule has 0 spiro atoms. The number of imidazole rings is 1. The van der Waals surface area contributed by atoms with E-state index in [0.29, 0.717) is 11.6 Å². The molecule has 1 heterocycles. The van der Waals surface area contributed by atoms with Crippen LogP contribution >= 0.6 is 11.6 Å². The maximum Gasteiger partial charge on any atom is 0.221 e. The molecule has 1 aliphatic carbocycles. The molecule has 0 saturated heterocycles. The second-order valence-corrected chi connectivity index (χ2v) is 6.84. The molecule has 5 nitrogen and oxygen atoms in total. The van der Waals surface area contributed by atoms with Crippen LogP contribution in [0.1, 0.15) is 36.9 Å². The second-order valence-electron chi connectivity index (χ2n) is 6.40. The summed E-state index contributed by atoms with van der Waals surface area (Å²) in [5.74, 6) is 0.589. The van der Waals surface area contributed by atoms with Crippen molar-refractivity contribution >= 4 is 40.2 Å². The van der Waals surface area contributed by atoms with Crippen LogP contribution in [0.3, 0.4) is 0 Å². The fourth-order valence-electron chi connectivity index (χ4n) is 3.48. The molecule has 6 heteroatoms. The molecule has 1 amide bonds. The van der Waals surface area contributed by atoms with Gasteiger partial charge < -0.3 is 15.6 Å². The zero-order valence-electron chi connectivity index (χ0n) is 13.9. The molecule has 0 radical (unpaired) electrons. The van der Waals surface area contributed by atoms with Gasteiger partial charge in [-0.2, -0.15) is 0 Å². The van der Waals surface area contributed by atoms with Crippen LogP contribution in [0.5, 0.6) is 0 Å². The highest BCUT2D eigenvalue weighted by Gasteiger charge is 2.21. The van der Waals surface area contributed by atoms with Crippen LogP contribution in [0.15, 0.2) is 36.4 Å². The number of benzene rings is 2. The topological polar surface area (TPSA) is 69.8 Å². The van der Waals surface area contributed by atoms with Gasteiger partial charge in [-0.3, -0.25) is 4.79 Å². The van der Waals surface area contributed by atoms with Gasteiger partial charge in [0, 0.05) is 11.9 Å². The molecule has 25 heavy (non-hydrogen) atoms. The van der Waals surface area contributed by atoms with E-state index >= 15 is 0 Å². The predicted octanol–water partition coefficient (Wildman–Crippen LogP) is 4.66. The molecule has 0 fully saturated rings. The zero-order valence-corrected chi connectivity index (χ0v) is 14.7. The Morgan fingerprint density at radius 2 is 2.20 bits per heavy atom. The molecule has 1 aromatic heterocycles. The van der Waals surface area contributed by atoms with E-state index in [2.05, 4.69) is 26.7 Å². The van der Waals surface area contributed by atoms with Crippen molar-refractivity contribution in [1.82, 2.24) is 9.97 Å². The summed E-state index contributed by atoms with van der Waals surface area (Å²) >= 11 is 6.19. The molecule has 4 rings (SSSR count). The van der Waals surface area contributed by atoms with Crippen LogP contribution in [0, 0.1) is 0 Å². The molecule has 1 aliphatic rings. The lowest BCUT2D eigenvalue weighted by Gasteiger charge is -2.26. The average molecular weight is 355 g/mol. The summed E-state index contributed by atoms with van der Waals surface area (Å²) in [7, 11) is 0. The Morgan fingerprint density at radius 1 is 1.32 bits per heavy atom. The van der Waals surface area contributed by atoms with Crippen molar-refractivity contribution in [2.75, 3.05) is 10.6 Å². The van der Waals surface area contributed by atoms with Gasteiger partial charge in [0.15, 0.2) is 0 Å². The molecule has 2 aromatic carbocycles. The lowest BCUT2D eigenvalue weighted by Crippen LogP contribution is -2.18. The number of amides is 1. The Morgan fingerprint density at radius 3 is 3.04 bits per heavy atom. The molecule has 3 aromatic rings. The minimum absolute atomic E-state index is 0.110. The quantitative estimate of drug-likeness (QED) is 0.640. The number of fused-ring (bicyclic) bond motifs is 2. The van der Waals surface area contributed by atoms with Gasteiger partial charge in [-0.15, -0.1) is 0 Å². The van der Waals surface area contributed by atoms with Crippen molar-refractivity contribution in [3.8, 4) is 0 Å². The Kier molecular flexibility index (Phi) is 4.09. The number of aromatic amines is 1. The zero-order chi connectivity index (χ0) is 17.4. The van der Waals surface area contributed by atoms with Gasteiger partial charge in [0.2, 0.25) is 11.9 Å². The normalized spacial score (nSPS) is 16.5. The largest absolute Gasteiger partial charge is 0.349 e. The maximum atomic E-state index is 11.4. The van der Waals surface area contributed by atoms with E-state index in [0.717, 1.165) is 35.3 Å². The Labute approximate surface area is 150 Å². The number of carbonyl (C=O) groups excluding carboxylic acids is 1. The first kappa shape index (κ1) is 16.0. The van der Waals surface area contributed by atoms with Crippen molar-refractivity contribution < 1.29 is 4.79 Å². The highest BCUT2D eigenvalue weighted by Crippen LogP contribution is 2.34. The molecular weight excluding hydrogens is 336 g/mol. The smallest absolute Gasteiger partial charge is 0.221 e. The highest BCUT2D eigenvalue weighted by molar-refractivity contribution is 6.30. The van der Waals surface area contributed by atoms with Crippen LogP contribution in [0.25, 0.3) is 11.0 Å². The van der Waals surface area contributed by atoms with Gasteiger partial charge >= 0.3 is 0 Å². The lowest BCUT2D eigenvalue weighted by atomic mass is 9.88. The van der Waals surface area contributed by atoms with Crippen LogP contribution in [0.4, 0.5) is 11.6 Å². The number of nitrogens with one attached hydrogen (secondary N) is 3. The van der Waals surface area contributed by atoms with Crippen molar-refractivity contribution in [2.24, 2.45) is 0 Å². The number of aryl methyl sites for hydroxylation is 1. The van der Waals surface area contributed by atoms with E-state index in [1.807, 2.05) is 30.3 Å². The minimum atomic E-state index is -0.110. The van der Waals surface area contributed by atoms with Crippen LogP contribution in [-0.2, 0) is 11.2 Å². The molecule has 0 aliphatic heterocycles. The number of aromatic nitrogens is 2. The van der Waals surface area contributed by atoms with E-state index < -0.39 is 0 Å². The molecule has 1 atom stereocenters. The Balaban J connectivity index is 1.66. The summed E-state index contributed by atoms with van der Waals surface area (Å²) in [6.07, 6.45) is 3.24. The number of halogens is 1. The summed E-state index contributed by atoms with van der Waals surface area (Å²) in [4.78, 5) is 19.3. The standard InChI is InChI=1S/C19H19ClN4O/c1-11(25)21-16-6-3-7-17-18(16)24-19(23-17)22-15-5-2-4-12-8-9-13(20)10-14(12)15/h3,6-10,15H,2,4-5H2,1H3,(H,21,25)(H2,22,23,24). The fourth-order valence-corrected chi connectivity index (χ4v) is 3.66. The average Bonchev–Trinajstić information content (AvgIpc) is 2.98. The number of hydrogen-bond donors (Lipinski definition) is 3. The summed E-state index contributed by atoms with van der Waals surface area (Å²) in [6, 6.07) is 12.0. The van der Waals surface area contributed by atoms with E-state index in [9.17, 15) is 4.79 Å². The summed E-state index contributed by atoms with van der Waals surface area (Å²) < 4.78 is 0. The van der Waals surface area contributed by atoms with E-state index in [-0.39, 0.29) is 11.9 Å². The Bertz CT molecular complexity index is 950. The molecule has 3 N–H and O–H groups in total. The maximum absolute atomic E-state index is 11.4. The third-order valence-electron chi connectivity index (χ3n) is 4.56. The number of para-hydroxylation sites is 1. The summed E-state index contributed by atoms with van der Waals surface area (Å²) in [6.45, 7) is 1.49. The van der Waals surface area contributed by atoms with E-state index in [1.165, 1.54) is 18.1 Å². The van der Waals surface area contributed by atoms with Crippen molar-refractivity contribution in [3.63, 3.8) is 0 Å². The van der Waals surface area contributed by atoms with Gasteiger partial charge in [0.25, 0.3) is 0 Å². The minimum Gasteiger partial charge on any atom is -0.349 e. The van der Waals surface area contributed by atoms with Gasteiger partial charge in [0.1, 0.15) is 5.52 Å². The predicted molar refractivity (Wildman–Crippen MR) is 101 cm³/mol. The number of nitrogens with zero attached hydrogens (tertiary/aromatic N) is 1. The number of hydrogen-bond acceptors (Lipinski definition) is 3. The number of anilines is 2.